The van der Waals surface area contributed by atoms with E-state index in [0.29, 0.717) is 42.1 Å². The highest BCUT2D eigenvalue weighted by molar-refractivity contribution is 5.93. The molecule has 0 amide bonds. The number of benzene rings is 2. The van der Waals surface area contributed by atoms with Crippen LogP contribution in [0.1, 0.15) is 124 Å². The maximum atomic E-state index is 13.5. The van der Waals surface area contributed by atoms with Crippen molar-refractivity contribution >= 4 is 11.9 Å². The minimum absolute atomic E-state index is 0.0263. The summed E-state index contributed by atoms with van der Waals surface area (Å²) in [5.74, 6) is -0.476. The SMILES string of the molecule is CCCCCCCCCCOc1cnc(-c2ccc(C(=O)Oc3ccc(C(=O)O[C@H](CCCCCC)C(F)(F)F)c(C)c3)cc2)nc1. The number of hydrogen-bond donors (Lipinski definition) is 0. The van der Waals surface area contributed by atoms with E-state index >= 15 is 0 Å². The summed E-state index contributed by atoms with van der Waals surface area (Å²) in [6.07, 6.45) is 8.64. The molecule has 0 bridgehead atoms. The fourth-order valence-corrected chi connectivity index (χ4v) is 5.05. The van der Waals surface area contributed by atoms with Gasteiger partial charge in [0.05, 0.1) is 30.1 Å². The Bertz CT molecular complexity index is 1380. The summed E-state index contributed by atoms with van der Waals surface area (Å²) < 4.78 is 56.5. The number of halogens is 3. The molecule has 2 aromatic carbocycles. The van der Waals surface area contributed by atoms with Crippen LogP contribution in [0.4, 0.5) is 13.2 Å². The van der Waals surface area contributed by atoms with Crippen LogP contribution in [-0.2, 0) is 4.74 Å². The Morgan fingerprint density at radius 2 is 1.34 bits per heavy atom. The van der Waals surface area contributed by atoms with Crippen molar-refractivity contribution in [3.8, 4) is 22.9 Å². The smallest absolute Gasteiger partial charge is 0.425 e. The first-order chi connectivity index (χ1) is 22.6. The normalized spacial score (nSPS) is 12.0. The zero-order valence-electron chi connectivity index (χ0n) is 27.7. The van der Waals surface area contributed by atoms with Gasteiger partial charge in [0, 0.05) is 5.56 Å². The lowest BCUT2D eigenvalue weighted by molar-refractivity contribution is -0.206. The van der Waals surface area contributed by atoms with Crippen molar-refractivity contribution in [1.82, 2.24) is 9.97 Å². The van der Waals surface area contributed by atoms with E-state index in [2.05, 4.69) is 16.9 Å². The average Bonchev–Trinajstić information content (AvgIpc) is 3.05. The first-order valence-corrected chi connectivity index (χ1v) is 16.8. The van der Waals surface area contributed by atoms with Crippen molar-refractivity contribution in [2.75, 3.05) is 6.61 Å². The van der Waals surface area contributed by atoms with E-state index in [4.69, 9.17) is 14.2 Å². The molecular weight excluding hydrogens is 609 g/mol. The maximum Gasteiger partial charge on any atom is 0.425 e. The summed E-state index contributed by atoms with van der Waals surface area (Å²) in [5.41, 5.74) is 1.28. The third kappa shape index (κ3) is 13.0. The number of ether oxygens (including phenoxy) is 3. The number of unbranched alkanes of at least 4 members (excludes halogenated alkanes) is 10. The summed E-state index contributed by atoms with van der Waals surface area (Å²) in [4.78, 5) is 34.1. The molecule has 0 aliphatic rings. The van der Waals surface area contributed by atoms with Crippen molar-refractivity contribution < 1.29 is 37.0 Å². The first-order valence-electron chi connectivity index (χ1n) is 16.8. The van der Waals surface area contributed by atoms with E-state index in [1.54, 1.807) is 43.6 Å². The van der Waals surface area contributed by atoms with Gasteiger partial charge in [0.15, 0.2) is 17.7 Å². The highest BCUT2D eigenvalue weighted by atomic mass is 19.4. The number of aromatic nitrogens is 2. The lowest BCUT2D eigenvalue weighted by atomic mass is 10.1. The number of alkyl halides is 3. The van der Waals surface area contributed by atoms with Crippen LogP contribution in [-0.4, -0.2) is 40.8 Å². The molecule has 3 aromatic rings. The molecule has 0 aliphatic carbocycles. The van der Waals surface area contributed by atoms with Gasteiger partial charge in [-0.15, -0.1) is 0 Å². The molecule has 0 radical (unpaired) electrons. The van der Waals surface area contributed by atoms with Crippen molar-refractivity contribution in [3.63, 3.8) is 0 Å². The predicted octanol–water partition coefficient (Wildman–Crippen LogP) is 10.2. The van der Waals surface area contributed by atoms with Crippen LogP contribution < -0.4 is 9.47 Å². The predicted molar refractivity (Wildman–Crippen MR) is 176 cm³/mol. The van der Waals surface area contributed by atoms with Gasteiger partial charge in [-0.2, -0.15) is 13.2 Å². The van der Waals surface area contributed by atoms with E-state index < -0.39 is 24.2 Å². The van der Waals surface area contributed by atoms with Crippen molar-refractivity contribution in [2.24, 2.45) is 0 Å². The van der Waals surface area contributed by atoms with Crippen molar-refractivity contribution in [1.29, 1.82) is 0 Å². The van der Waals surface area contributed by atoms with Crippen molar-refractivity contribution in [2.45, 2.75) is 117 Å². The fourth-order valence-electron chi connectivity index (χ4n) is 5.05. The molecular formula is C37H47F3N2O5. The van der Waals surface area contributed by atoms with Crippen LogP contribution in [0.25, 0.3) is 11.4 Å². The van der Waals surface area contributed by atoms with Crippen LogP contribution >= 0.6 is 0 Å². The second kappa shape index (κ2) is 19.7. The van der Waals surface area contributed by atoms with E-state index in [1.807, 2.05) is 6.92 Å². The van der Waals surface area contributed by atoms with E-state index in [-0.39, 0.29) is 23.3 Å². The Kier molecular flexibility index (Phi) is 15.7. The molecule has 1 atom stereocenters. The Morgan fingerprint density at radius 3 is 1.94 bits per heavy atom. The largest absolute Gasteiger partial charge is 0.490 e. The van der Waals surface area contributed by atoms with Gasteiger partial charge in [-0.25, -0.2) is 19.6 Å². The van der Waals surface area contributed by atoms with Gasteiger partial charge in [0.2, 0.25) is 0 Å². The molecule has 0 N–H and O–H groups in total. The third-order valence-electron chi connectivity index (χ3n) is 7.84. The molecule has 256 valence electrons. The molecule has 1 heterocycles. The van der Waals surface area contributed by atoms with Gasteiger partial charge in [0.1, 0.15) is 5.75 Å². The molecule has 47 heavy (non-hydrogen) atoms. The van der Waals surface area contributed by atoms with Gasteiger partial charge in [0.25, 0.3) is 0 Å². The molecule has 7 nitrogen and oxygen atoms in total. The molecule has 1 aromatic heterocycles. The Labute approximate surface area is 276 Å². The summed E-state index contributed by atoms with van der Waals surface area (Å²) in [6, 6.07) is 10.7. The summed E-state index contributed by atoms with van der Waals surface area (Å²) in [6.45, 7) is 6.35. The van der Waals surface area contributed by atoms with Gasteiger partial charge < -0.3 is 14.2 Å². The number of carbonyl (C=O) groups is 2. The molecule has 0 saturated carbocycles. The van der Waals surface area contributed by atoms with Crippen LogP contribution in [0.2, 0.25) is 0 Å². The topological polar surface area (TPSA) is 87.6 Å². The highest BCUT2D eigenvalue weighted by Gasteiger charge is 2.42. The average molecular weight is 657 g/mol. The lowest BCUT2D eigenvalue weighted by Gasteiger charge is -2.21. The van der Waals surface area contributed by atoms with Crippen LogP contribution in [0.5, 0.6) is 11.5 Å². The highest BCUT2D eigenvalue weighted by Crippen LogP contribution is 2.29. The number of rotatable bonds is 20. The van der Waals surface area contributed by atoms with Crippen LogP contribution in [0, 0.1) is 6.92 Å². The van der Waals surface area contributed by atoms with E-state index in [0.717, 1.165) is 25.7 Å². The zero-order chi connectivity index (χ0) is 34.1. The van der Waals surface area contributed by atoms with Crippen LogP contribution in [0.15, 0.2) is 54.9 Å². The Balaban J connectivity index is 1.49. The Hall–Kier alpha value is -3.95. The fraction of sp³-hybridized carbons (Fsp3) is 0.514. The second-order valence-electron chi connectivity index (χ2n) is 11.8. The molecule has 0 unspecified atom stereocenters. The second-order valence-corrected chi connectivity index (χ2v) is 11.8. The molecule has 0 saturated heterocycles. The Morgan fingerprint density at radius 1 is 0.745 bits per heavy atom. The van der Waals surface area contributed by atoms with Crippen LogP contribution in [0.3, 0.4) is 0 Å². The molecule has 3 rings (SSSR count). The summed E-state index contributed by atoms with van der Waals surface area (Å²) in [7, 11) is 0. The monoisotopic (exact) mass is 656 g/mol. The zero-order valence-corrected chi connectivity index (χ0v) is 27.7. The standard InChI is InChI=1S/C37H47F3N2O5/c1-4-6-8-10-11-12-13-15-23-45-31-25-41-34(42-26-31)28-17-19-29(20-18-28)35(43)46-30-21-22-32(27(3)24-30)36(44)47-33(37(38,39)40)16-14-9-7-5-2/h17-22,24-26,33H,4-16,23H2,1-3H3/t33-/m1/s1. The van der Waals surface area contributed by atoms with Gasteiger partial charge in [-0.1, -0.05) is 90.2 Å². The number of nitrogens with zero attached hydrogens (tertiary/aromatic N) is 2. The number of aryl methyl sites for hydroxylation is 1. The maximum absolute atomic E-state index is 13.5. The van der Waals surface area contributed by atoms with E-state index in [1.165, 1.54) is 56.7 Å². The minimum Gasteiger partial charge on any atom is -0.490 e. The third-order valence-corrected chi connectivity index (χ3v) is 7.84. The number of esters is 2. The van der Waals surface area contributed by atoms with Crippen molar-refractivity contribution in [3.05, 3.63) is 71.5 Å². The minimum atomic E-state index is -4.66. The molecule has 0 aliphatic heterocycles. The summed E-state index contributed by atoms with van der Waals surface area (Å²) in [5, 5.41) is 0. The summed E-state index contributed by atoms with van der Waals surface area (Å²) >= 11 is 0. The number of hydrogen-bond acceptors (Lipinski definition) is 7. The lowest BCUT2D eigenvalue weighted by Crippen LogP contribution is -2.34. The van der Waals surface area contributed by atoms with Gasteiger partial charge in [-0.05, 0) is 62.1 Å². The molecule has 10 heteroatoms. The molecule has 0 spiro atoms. The van der Waals surface area contributed by atoms with Gasteiger partial charge in [-0.3, -0.25) is 0 Å². The first kappa shape index (κ1) is 37.5. The number of carbonyl (C=O) groups excluding carboxylic acids is 2. The quantitative estimate of drug-likeness (QED) is 0.0679. The van der Waals surface area contributed by atoms with E-state index in [9.17, 15) is 22.8 Å². The molecule has 0 fully saturated rings. The van der Waals surface area contributed by atoms with Gasteiger partial charge >= 0.3 is 18.1 Å².